The van der Waals surface area contributed by atoms with Gasteiger partial charge >= 0.3 is 0 Å². The lowest BCUT2D eigenvalue weighted by Crippen LogP contribution is -2.09. The van der Waals surface area contributed by atoms with E-state index in [1.807, 2.05) is 6.33 Å². The standard InChI is InChI=1S/C12H22N2/c1-6-10(4)12-7-14(8-13-12)11(5)9(2)3/h7-11H,6H2,1-5H3. The molecule has 0 saturated carbocycles. The molecule has 1 heterocycles. The van der Waals surface area contributed by atoms with Crippen molar-refractivity contribution >= 4 is 0 Å². The lowest BCUT2D eigenvalue weighted by atomic mass is 10.1. The van der Waals surface area contributed by atoms with Crippen molar-refractivity contribution in [3.8, 4) is 0 Å². The zero-order valence-corrected chi connectivity index (χ0v) is 9.99. The third-order valence-corrected chi connectivity index (χ3v) is 3.17. The van der Waals surface area contributed by atoms with Crippen LogP contribution in [0.15, 0.2) is 12.5 Å². The van der Waals surface area contributed by atoms with Crippen LogP contribution in [-0.4, -0.2) is 9.55 Å². The summed E-state index contributed by atoms with van der Waals surface area (Å²) >= 11 is 0. The number of nitrogens with zero attached hydrogens (tertiary/aromatic N) is 2. The van der Waals surface area contributed by atoms with Gasteiger partial charge in [0.25, 0.3) is 0 Å². The van der Waals surface area contributed by atoms with E-state index in [2.05, 4.69) is 50.4 Å². The summed E-state index contributed by atoms with van der Waals surface area (Å²) in [6, 6.07) is 0.542. The fraction of sp³-hybridized carbons (Fsp3) is 0.750. The Balaban J connectivity index is 2.77. The monoisotopic (exact) mass is 194 g/mol. The van der Waals surface area contributed by atoms with Crippen LogP contribution in [0.2, 0.25) is 0 Å². The highest BCUT2D eigenvalue weighted by Gasteiger charge is 2.12. The molecule has 2 unspecified atom stereocenters. The molecule has 0 N–H and O–H groups in total. The van der Waals surface area contributed by atoms with Crippen molar-refractivity contribution in [3.05, 3.63) is 18.2 Å². The Morgan fingerprint density at radius 1 is 1.29 bits per heavy atom. The van der Waals surface area contributed by atoms with E-state index in [9.17, 15) is 0 Å². The predicted octanol–water partition coefficient (Wildman–Crippen LogP) is 3.61. The third kappa shape index (κ3) is 2.37. The summed E-state index contributed by atoms with van der Waals surface area (Å²) in [7, 11) is 0. The fourth-order valence-electron chi connectivity index (χ4n) is 1.38. The van der Waals surface area contributed by atoms with E-state index in [0.29, 0.717) is 17.9 Å². The number of hydrogen-bond donors (Lipinski definition) is 0. The van der Waals surface area contributed by atoms with Gasteiger partial charge in [-0.1, -0.05) is 27.7 Å². The van der Waals surface area contributed by atoms with Crippen LogP contribution in [0.3, 0.4) is 0 Å². The lowest BCUT2D eigenvalue weighted by Gasteiger charge is -2.16. The molecular formula is C12H22N2. The van der Waals surface area contributed by atoms with E-state index in [1.165, 1.54) is 5.69 Å². The molecule has 2 atom stereocenters. The summed E-state index contributed by atoms with van der Waals surface area (Å²) < 4.78 is 2.23. The van der Waals surface area contributed by atoms with E-state index >= 15 is 0 Å². The molecule has 0 spiro atoms. The van der Waals surface area contributed by atoms with E-state index in [0.717, 1.165) is 6.42 Å². The molecule has 0 aliphatic carbocycles. The minimum atomic E-state index is 0.542. The summed E-state index contributed by atoms with van der Waals surface area (Å²) in [6.07, 6.45) is 5.32. The average molecular weight is 194 g/mol. The first-order chi connectivity index (χ1) is 6.56. The first kappa shape index (κ1) is 11.3. The fourth-order valence-corrected chi connectivity index (χ4v) is 1.38. The Morgan fingerprint density at radius 2 is 1.93 bits per heavy atom. The molecule has 0 amide bonds. The van der Waals surface area contributed by atoms with Gasteiger partial charge in [-0.05, 0) is 25.2 Å². The predicted molar refractivity (Wildman–Crippen MR) is 60.5 cm³/mol. The quantitative estimate of drug-likeness (QED) is 0.716. The van der Waals surface area contributed by atoms with Crippen molar-refractivity contribution in [2.75, 3.05) is 0 Å². The highest BCUT2D eigenvalue weighted by molar-refractivity contribution is 5.03. The second-order valence-electron chi connectivity index (χ2n) is 4.54. The number of imidazole rings is 1. The van der Waals surface area contributed by atoms with Gasteiger partial charge in [0, 0.05) is 12.2 Å². The van der Waals surface area contributed by atoms with Gasteiger partial charge in [0.15, 0.2) is 0 Å². The molecule has 0 radical (unpaired) electrons. The van der Waals surface area contributed by atoms with Gasteiger partial charge in [-0.2, -0.15) is 0 Å². The molecule has 0 aliphatic heterocycles. The van der Waals surface area contributed by atoms with Crippen molar-refractivity contribution in [1.29, 1.82) is 0 Å². The smallest absolute Gasteiger partial charge is 0.0952 e. The third-order valence-electron chi connectivity index (χ3n) is 3.17. The molecule has 0 fully saturated rings. The van der Waals surface area contributed by atoms with Crippen LogP contribution >= 0.6 is 0 Å². The topological polar surface area (TPSA) is 17.8 Å². The van der Waals surface area contributed by atoms with Crippen LogP contribution in [0.4, 0.5) is 0 Å². The van der Waals surface area contributed by atoms with Crippen molar-refractivity contribution < 1.29 is 0 Å². The highest BCUT2D eigenvalue weighted by Crippen LogP contribution is 2.21. The molecule has 1 aromatic heterocycles. The average Bonchev–Trinajstić information content (AvgIpc) is 2.64. The first-order valence-electron chi connectivity index (χ1n) is 5.59. The SMILES string of the molecule is CCC(C)c1cn(C(C)C(C)C)cn1. The van der Waals surface area contributed by atoms with E-state index in [-0.39, 0.29) is 0 Å². The number of aromatic nitrogens is 2. The van der Waals surface area contributed by atoms with Crippen molar-refractivity contribution in [2.24, 2.45) is 5.92 Å². The Labute approximate surface area is 87.4 Å². The molecule has 0 aromatic carbocycles. The van der Waals surface area contributed by atoms with Gasteiger partial charge in [0.05, 0.1) is 12.0 Å². The largest absolute Gasteiger partial charge is 0.334 e. The molecule has 1 rings (SSSR count). The van der Waals surface area contributed by atoms with Crippen LogP contribution in [0.25, 0.3) is 0 Å². The molecule has 14 heavy (non-hydrogen) atoms. The maximum absolute atomic E-state index is 4.45. The van der Waals surface area contributed by atoms with Crippen LogP contribution in [0, 0.1) is 5.92 Å². The van der Waals surface area contributed by atoms with Crippen LogP contribution in [0.1, 0.15) is 58.7 Å². The maximum atomic E-state index is 4.45. The number of hydrogen-bond acceptors (Lipinski definition) is 1. The second kappa shape index (κ2) is 4.63. The maximum Gasteiger partial charge on any atom is 0.0952 e. The summed E-state index contributed by atoms with van der Waals surface area (Å²) in [5.41, 5.74) is 1.22. The van der Waals surface area contributed by atoms with Crippen LogP contribution < -0.4 is 0 Å². The van der Waals surface area contributed by atoms with Crippen LogP contribution in [0.5, 0.6) is 0 Å². The van der Waals surface area contributed by atoms with Crippen molar-refractivity contribution in [1.82, 2.24) is 9.55 Å². The van der Waals surface area contributed by atoms with E-state index in [4.69, 9.17) is 0 Å². The lowest BCUT2D eigenvalue weighted by molar-refractivity contribution is 0.407. The summed E-state index contributed by atoms with van der Waals surface area (Å²) in [4.78, 5) is 4.45. The Kier molecular flexibility index (Phi) is 3.73. The van der Waals surface area contributed by atoms with Gasteiger partial charge in [0.1, 0.15) is 0 Å². The molecule has 2 heteroatoms. The Morgan fingerprint density at radius 3 is 2.43 bits per heavy atom. The minimum absolute atomic E-state index is 0.542. The molecule has 80 valence electrons. The zero-order chi connectivity index (χ0) is 10.7. The normalized spacial score (nSPS) is 15.9. The molecule has 1 aromatic rings. The van der Waals surface area contributed by atoms with Crippen molar-refractivity contribution in [3.63, 3.8) is 0 Å². The van der Waals surface area contributed by atoms with Gasteiger partial charge < -0.3 is 4.57 Å². The first-order valence-corrected chi connectivity index (χ1v) is 5.59. The molecule has 0 aliphatic rings. The summed E-state index contributed by atoms with van der Waals surface area (Å²) in [5, 5.41) is 0. The van der Waals surface area contributed by atoms with Crippen molar-refractivity contribution in [2.45, 2.75) is 53.0 Å². The highest BCUT2D eigenvalue weighted by atomic mass is 15.1. The summed E-state index contributed by atoms with van der Waals surface area (Å²) in [6.45, 7) is 11.2. The van der Waals surface area contributed by atoms with Gasteiger partial charge in [0.2, 0.25) is 0 Å². The van der Waals surface area contributed by atoms with E-state index in [1.54, 1.807) is 0 Å². The van der Waals surface area contributed by atoms with Crippen LogP contribution in [-0.2, 0) is 0 Å². The molecule has 0 saturated heterocycles. The van der Waals surface area contributed by atoms with Gasteiger partial charge in [-0.25, -0.2) is 4.98 Å². The number of rotatable bonds is 4. The minimum Gasteiger partial charge on any atom is -0.334 e. The Bertz CT molecular complexity index is 276. The second-order valence-corrected chi connectivity index (χ2v) is 4.54. The van der Waals surface area contributed by atoms with Gasteiger partial charge in [-0.15, -0.1) is 0 Å². The molecular weight excluding hydrogens is 172 g/mol. The summed E-state index contributed by atoms with van der Waals surface area (Å²) in [5.74, 6) is 1.24. The zero-order valence-electron chi connectivity index (χ0n) is 9.99. The molecule has 2 nitrogen and oxygen atoms in total. The Hall–Kier alpha value is -0.790. The van der Waals surface area contributed by atoms with E-state index < -0.39 is 0 Å². The molecule has 0 bridgehead atoms. The van der Waals surface area contributed by atoms with Gasteiger partial charge in [-0.3, -0.25) is 0 Å².